The summed E-state index contributed by atoms with van der Waals surface area (Å²) in [5.41, 5.74) is 3.62. The second-order valence-electron chi connectivity index (χ2n) is 6.36. The minimum Gasteiger partial charge on any atom is -0.479 e. The van der Waals surface area contributed by atoms with E-state index >= 15 is 0 Å². The van der Waals surface area contributed by atoms with Crippen LogP contribution in [-0.4, -0.2) is 38.3 Å². The van der Waals surface area contributed by atoms with Crippen LogP contribution in [0.1, 0.15) is 29.3 Å². The van der Waals surface area contributed by atoms with Crippen LogP contribution in [0.15, 0.2) is 57.9 Å². The van der Waals surface area contributed by atoms with E-state index in [9.17, 15) is 14.4 Å². The summed E-state index contributed by atoms with van der Waals surface area (Å²) in [7, 11) is 0. The molecule has 2 aromatic carbocycles. The number of ether oxygens (including phenoxy) is 1. The van der Waals surface area contributed by atoms with E-state index in [4.69, 9.17) is 22.1 Å². The Morgan fingerprint density at radius 3 is 2.55 bits per heavy atom. The molecule has 160 valence electrons. The number of nitrogens with zero attached hydrogens (tertiary/aromatic N) is 1. The van der Waals surface area contributed by atoms with E-state index in [0.717, 1.165) is 16.8 Å². The van der Waals surface area contributed by atoms with Gasteiger partial charge in [0.1, 0.15) is 5.75 Å². The summed E-state index contributed by atoms with van der Waals surface area (Å²) in [6.07, 6.45) is 1.06. The first-order chi connectivity index (χ1) is 14.8. The smallest absolute Gasteiger partial charge is 0.344 e. The predicted molar refractivity (Wildman–Crippen MR) is 125 cm³/mol. The summed E-state index contributed by atoms with van der Waals surface area (Å²) in [6, 6.07) is 13.5. The van der Waals surface area contributed by atoms with Gasteiger partial charge < -0.3 is 9.84 Å². The molecule has 2 amide bonds. The average Bonchev–Trinajstić information content (AvgIpc) is 3.00. The second-order valence-corrected chi connectivity index (χ2v) is 8.89. The Morgan fingerprint density at radius 2 is 1.94 bits per heavy atom. The first-order valence-corrected chi connectivity index (χ1v) is 11.1. The Bertz CT molecular complexity index is 1070. The average molecular weight is 521 g/mol. The van der Waals surface area contributed by atoms with Crippen molar-refractivity contribution in [3.63, 3.8) is 0 Å². The Kier molecular flexibility index (Phi) is 7.47. The number of halogens is 1. The summed E-state index contributed by atoms with van der Waals surface area (Å²) in [4.78, 5) is 36.7. The molecule has 1 unspecified atom stereocenters. The number of nitrogens with one attached hydrogen (secondary N) is 1. The maximum Gasteiger partial charge on any atom is 0.344 e. The molecule has 1 aliphatic heterocycles. The van der Waals surface area contributed by atoms with Crippen molar-refractivity contribution in [3.05, 3.63) is 69.0 Å². The highest BCUT2D eigenvalue weighted by molar-refractivity contribution is 9.10. The topological polar surface area (TPSA) is 95.9 Å². The Balaban J connectivity index is 1.70. The number of hydrogen-bond acceptors (Lipinski definition) is 6. The summed E-state index contributed by atoms with van der Waals surface area (Å²) in [5.74, 6) is -1.51. The SMILES string of the molecule is CCC(Oc1ccc(/C=C2/SC(=S)N(NC(=O)c3ccccc3Br)C2=O)cc1)C(=O)O. The van der Waals surface area contributed by atoms with Crippen LogP contribution in [0.25, 0.3) is 6.08 Å². The van der Waals surface area contributed by atoms with E-state index in [1.165, 1.54) is 0 Å². The molecule has 0 bridgehead atoms. The first kappa shape index (κ1) is 23.0. The maximum atomic E-state index is 12.7. The number of carboxylic acid groups (broad SMARTS) is 1. The molecule has 1 fully saturated rings. The lowest BCUT2D eigenvalue weighted by atomic mass is 10.2. The van der Waals surface area contributed by atoms with Crippen molar-refractivity contribution in [3.8, 4) is 5.75 Å². The number of thiocarbonyl (C=S) groups is 1. The van der Waals surface area contributed by atoms with Gasteiger partial charge in [-0.25, -0.2) is 4.79 Å². The van der Waals surface area contributed by atoms with Crippen LogP contribution in [0.5, 0.6) is 5.75 Å². The standard InChI is InChI=1S/C21H17BrN2O5S2/c1-2-16(20(27)28)29-13-9-7-12(8-10-13)11-17-19(26)24(21(30)31-17)23-18(25)14-5-3-4-6-15(14)22/h3-11,16H,2H2,1H3,(H,23,25)(H,27,28)/b17-11+. The number of amides is 2. The van der Waals surface area contributed by atoms with Crippen molar-refractivity contribution < 1.29 is 24.2 Å². The molecule has 3 rings (SSSR count). The number of carboxylic acids is 1. The number of carbonyl (C=O) groups is 3. The van der Waals surface area contributed by atoms with Crippen LogP contribution in [0.4, 0.5) is 0 Å². The largest absolute Gasteiger partial charge is 0.479 e. The van der Waals surface area contributed by atoms with Gasteiger partial charge in [-0.05, 0) is 70.5 Å². The zero-order valence-electron chi connectivity index (χ0n) is 16.2. The summed E-state index contributed by atoms with van der Waals surface area (Å²) < 4.78 is 6.24. The van der Waals surface area contributed by atoms with Crippen LogP contribution < -0.4 is 10.2 Å². The molecule has 1 aliphatic rings. The van der Waals surface area contributed by atoms with E-state index in [2.05, 4.69) is 21.4 Å². The van der Waals surface area contributed by atoms with Crippen molar-refractivity contribution in [2.24, 2.45) is 0 Å². The quantitative estimate of drug-likeness (QED) is 0.416. The lowest BCUT2D eigenvalue weighted by molar-refractivity contribution is -0.145. The number of thioether (sulfide) groups is 1. The van der Waals surface area contributed by atoms with E-state index in [0.29, 0.717) is 32.7 Å². The number of hydrazine groups is 1. The van der Waals surface area contributed by atoms with E-state index in [1.54, 1.807) is 61.5 Å². The molecular formula is C21H17BrN2O5S2. The van der Waals surface area contributed by atoms with Crippen molar-refractivity contribution in [2.45, 2.75) is 19.4 Å². The van der Waals surface area contributed by atoms with Crippen LogP contribution in [0.3, 0.4) is 0 Å². The molecular weight excluding hydrogens is 504 g/mol. The molecule has 31 heavy (non-hydrogen) atoms. The molecule has 0 saturated carbocycles. The van der Waals surface area contributed by atoms with Gasteiger partial charge in [-0.1, -0.05) is 43.0 Å². The van der Waals surface area contributed by atoms with Crippen LogP contribution >= 0.6 is 39.9 Å². The minimum atomic E-state index is -1.03. The van der Waals surface area contributed by atoms with Gasteiger partial charge in [0, 0.05) is 4.47 Å². The van der Waals surface area contributed by atoms with Gasteiger partial charge in [0.25, 0.3) is 11.8 Å². The fourth-order valence-corrected chi connectivity index (χ4v) is 4.28. The van der Waals surface area contributed by atoms with Gasteiger partial charge in [0.2, 0.25) is 0 Å². The predicted octanol–water partition coefficient (Wildman–Crippen LogP) is 4.24. The van der Waals surface area contributed by atoms with Crippen molar-refractivity contribution in [1.29, 1.82) is 0 Å². The van der Waals surface area contributed by atoms with Gasteiger partial charge in [-0.15, -0.1) is 0 Å². The third kappa shape index (κ3) is 5.52. The van der Waals surface area contributed by atoms with Gasteiger partial charge in [-0.2, -0.15) is 5.01 Å². The summed E-state index contributed by atoms with van der Waals surface area (Å²) >= 11 is 9.63. The molecule has 7 nitrogen and oxygen atoms in total. The molecule has 2 N–H and O–H groups in total. The number of benzene rings is 2. The molecule has 10 heteroatoms. The Labute approximate surface area is 196 Å². The van der Waals surface area contributed by atoms with Crippen LogP contribution in [0.2, 0.25) is 0 Å². The zero-order valence-corrected chi connectivity index (χ0v) is 19.4. The molecule has 1 heterocycles. The zero-order chi connectivity index (χ0) is 22.5. The third-order valence-corrected chi connectivity index (χ3v) is 6.22. The molecule has 0 aromatic heterocycles. The number of hydrogen-bond donors (Lipinski definition) is 2. The second kappa shape index (κ2) is 10.1. The normalized spacial score (nSPS) is 15.8. The van der Waals surface area contributed by atoms with E-state index in [-0.39, 0.29) is 4.32 Å². The fourth-order valence-electron chi connectivity index (χ4n) is 2.64. The minimum absolute atomic E-state index is 0.212. The summed E-state index contributed by atoms with van der Waals surface area (Å²) in [5, 5.41) is 10.1. The van der Waals surface area contributed by atoms with Crippen molar-refractivity contribution >= 4 is 68.1 Å². The monoisotopic (exact) mass is 520 g/mol. The van der Waals surface area contributed by atoms with Gasteiger partial charge >= 0.3 is 5.97 Å². The van der Waals surface area contributed by atoms with Gasteiger partial charge in [-0.3, -0.25) is 15.0 Å². The maximum absolute atomic E-state index is 12.7. The third-order valence-electron chi connectivity index (χ3n) is 4.23. The van der Waals surface area contributed by atoms with Gasteiger partial charge in [0.15, 0.2) is 10.4 Å². The summed E-state index contributed by atoms with van der Waals surface area (Å²) in [6.45, 7) is 1.73. The number of carbonyl (C=O) groups excluding carboxylic acids is 2. The Morgan fingerprint density at radius 1 is 1.26 bits per heavy atom. The lowest BCUT2D eigenvalue weighted by Gasteiger charge is -2.16. The van der Waals surface area contributed by atoms with E-state index < -0.39 is 23.9 Å². The highest BCUT2D eigenvalue weighted by Gasteiger charge is 2.34. The van der Waals surface area contributed by atoms with Crippen LogP contribution in [0, 0.1) is 0 Å². The molecule has 1 saturated heterocycles. The fraction of sp³-hybridized carbons (Fsp3) is 0.143. The van der Waals surface area contributed by atoms with Gasteiger partial charge in [0.05, 0.1) is 10.5 Å². The van der Waals surface area contributed by atoms with E-state index in [1.807, 2.05) is 0 Å². The molecule has 0 spiro atoms. The molecule has 2 aromatic rings. The molecule has 0 radical (unpaired) electrons. The first-order valence-electron chi connectivity index (χ1n) is 9.13. The number of rotatable bonds is 7. The molecule has 1 atom stereocenters. The van der Waals surface area contributed by atoms with Crippen molar-refractivity contribution in [2.75, 3.05) is 0 Å². The molecule has 0 aliphatic carbocycles. The highest BCUT2D eigenvalue weighted by atomic mass is 79.9. The van der Waals surface area contributed by atoms with Crippen LogP contribution in [-0.2, 0) is 9.59 Å². The number of aliphatic carboxylic acids is 1. The van der Waals surface area contributed by atoms with Crippen molar-refractivity contribution in [1.82, 2.24) is 10.4 Å². The lowest BCUT2D eigenvalue weighted by Crippen LogP contribution is -2.44. The highest BCUT2D eigenvalue weighted by Crippen LogP contribution is 2.32. The Hall–Kier alpha value is -2.69.